The number of amides is 1. The van der Waals surface area contributed by atoms with Gasteiger partial charge < -0.3 is 15.0 Å². The fraction of sp³-hybridized carbons (Fsp3) is 0.182. The summed E-state index contributed by atoms with van der Waals surface area (Å²) in [4.78, 5) is 19.1. The SMILES string of the molecule is COc1ccc(CNC(=O)c2ccc(N3CCc4ccccc43)nc2)cc1. The number of carbonyl (C=O) groups excluding carboxylic acids is 1. The molecule has 1 aromatic heterocycles. The number of hydrogen-bond acceptors (Lipinski definition) is 4. The van der Waals surface area contributed by atoms with Gasteiger partial charge >= 0.3 is 0 Å². The standard InChI is InChI=1S/C22H21N3O2/c1-27-19-9-6-16(7-10-19)14-24-22(26)18-8-11-21(23-15-18)25-13-12-17-4-2-3-5-20(17)25/h2-11,15H,12-14H2,1H3,(H,24,26). The highest BCUT2D eigenvalue weighted by Gasteiger charge is 2.20. The Bertz CT molecular complexity index is 937. The number of nitrogens with one attached hydrogen (secondary N) is 1. The molecule has 2 aromatic carbocycles. The van der Waals surface area contributed by atoms with Gasteiger partial charge in [0.15, 0.2) is 0 Å². The number of ether oxygens (including phenoxy) is 1. The highest BCUT2D eigenvalue weighted by Crippen LogP contribution is 2.32. The molecule has 136 valence electrons. The largest absolute Gasteiger partial charge is 0.497 e. The van der Waals surface area contributed by atoms with E-state index in [2.05, 4.69) is 33.4 Å². The number of methoxy groups -OCH3 is 1. The van der Waals surface area contributed by atoms with Crippen LogP contribution in [0.1, 0.15) is 21.5 Å². The molecule has 1 N–H and O–H groups in total. The molecule has 2 heterocycles. The maximum atomic E-state index is 12.4. The fourth-order valence-corrected chi connectivity index (χ4v) is 3.28. The molecule has 1 aliphatic heterocycles. The molecule has 27 heavy (non-hydrogen) atoms. The van der Waals surface area contributed by atoms with E-state index >= 15 is 0 Å². The lowest BCUT2D eigenvalue weighted by Gasteiger charge is -2.18. The zero-order valence-corrected chi connectivity index (χ0v) is 15.2. The molecular formula is C22H21N3O2. The molecule has 0 radical (unpaired) electrons. The van der Waals surface area contributed by atoms with E-state index in [1.54, 1.807) is 13.3 Å². The fourth-order valence-electron chi connectivity index (χ4n) is 3.28. The summed E-state index contributed by atoms with van der Waals surface area (Å²) >= 11 is 0. The van der Waals surface area contributed by atoms with Gasteiger partial charge in [-0.05, 0) is 47.9 Å². The van der Waals surface area contributed by atoms with Crippen molar-refractivity contribution in [3.8, 4) is 5.75 Å². The molecule has 0 fully saturated rings. The average Bonchev–Trinajstić information content (AvgIpc) is 3.16. The summed E-state index contributed by atoms with van der Waals surface area (Å²) in [5.74, 6) is 1.53. The highest BCUT2D eigenvalue weighted by atomic mass is 16.5. The van der Waals surface area contributed by atoms with Crippen LogP contribution in [0.25, 0.3) is 0 Å². The molecular weight excluding hydrogens is 338 g/mol. The van der Waals surface area contributed by atoms with Crippen LogP contribution in [0.5, 0.6) is 5.75 Å². The Balaban J connectivity index is 1.40. The number of para-hydroxylation sites is 1. The Morgan fingerprint density at radius 3 is 2.67 bits per heavy atom. The van der Waals surface area contributed by atoms with E-state index in [1.165, 1.54) is 11.3 Å². The van der Waals surface area contributed by atoms with Gasteiger partial charge in [0, 0.05) is 25.0 Å². The molecule has 4 rings (SSSR count). The minimum atomic E-state index is -0.133. The normalized spacial score (nSPS) is 12.6. The lowest BCUT2D eigenvalue weighted by Crippen LogP contribution is -2.23. The van der Waals surface area contributed by atoms with Crippen molar-refractivity contribution in [2.75, 3.05) is 18.6 Å². The van der Waals surface area contributed by atoms with Gasteiger partial charge in [0.05, 0.1) is 12.7 Å². The molecule has 0 spiro atoms. The topological polar surface area (TPSA) is 54.5 Å². The molecule has 1 aliphatic rings. The lowest BCUT2D eigenvalue weighted by atomic mass is 10.2. The number of benzene rings is 2. The first-order chi connectivity index (χ1) is 13.2. The molecule has 0 aliphatic carbocycles. The highest BCUT2D eigenvalue weighted by molar-refractivity contribution is 5.94. The average molecular weight is 359 g/mol. The maximum Gasteiger partial charge on any atom is 0.253 e. The van der Waals surface area contributed by atoms with Gasteiger partial charge in [0.2, 0.25) is 0 Å². The predicted molar refractivity (Wildman–Crippen MR) is 106 cm³/mol. The van der Waals surface area contributed by atoms with Crippen LogP contribution in [-0.4, -0.2) is 24.5 Å². The zero-order valence-electron chi connectivity index (χ0n) is 15.2. The molecule has 3 aromatic rings. The predicted octanol–water partition coefficient (Wildman–Crippen LogP) is 3.71. The summed E-state index contributed by atoms with van der Waals surface area (Å²) < 4.78 is 5.14. The van der Waals surface area contributed by atoms with Crippen molar-refractivity contribution in [3.05, 3.63) is 83.6 Å². The number of aromatic nitrogens is 1. The molecule has 0 saturated carbocycles. The van der Waals surface area contributed by atoms with Gasteiger partial charge in [-0.25, -0.2) is 4.98 Å². The van der Waals surface area contributed by atoms with Crippen LogP contribution in [-0.2, 0) is 13.0 Å². The summed E-state index contributed by atoms with van der Waals surface area (Å²) in [5, 5.41) is 2.92. The molecule has 0 saturated heterocycles. The van der Waals surface area contributed by atoms with E-state index in [1.807, 2.05) is 42.5 Å². The minimum Gasteiger partial charge on any atom is -0.497 e. The van der Waals surface area contributed by atoms with Crippen LogP contribution >= 0.6 is 0 Å². The second kappa shape index (κ2) is 7.50. The summed E-state index contributed by atoms with van der Waals surface area (Å²) in [7, 11) is 1.63. The maximum absolute atomic E-state index is 12.4. The van der Waals surface area contributed by atoms with Gasteiger partial charge in [-0.2, -0.15) is 0 Å². The Hall–Kier alpha value is -3.34. The third kappa shape index (κ3) is 3.62. The van der Waals surface area contributed by atoms with E-state index in [0.717, 1.165) is 30.1 Å². The Kier molecular flexibility index (Phi) is 4.75. The number of pyridine rings is 1. The number of nitrogens with zero attached hydrogens (tertiary/aromatic N) is 2. The summed E-state index contributed by atoms with van der Waals surface area (Å²) in [6, 6.07) is 19.7. The zero-order chi connectivity index (χ0) is 18.6. The first-order valence-electron chi connectivity index (χ1n) is 8.97. The van der Waals surface area contributed by atoms with E-state index in [4.69, 9.17) is 4.74 Å². The number of rotatable bonds is 5. The molecule has 0 atom stereocenters. The third-order valence-corrected chi connectivity index (χ3v) is 4.79. The van der Waals surface area contributed by atoms with Gasteiger partial charge in [-0.3, -0.25) is 4.79 Å². The van der Waals surface area contributed by atoms with E-state index in [0.29, 0.717) is 12.1 Å². The Morgan fingerprint density at radius 1 is 1.11 bits per heavy atom. The van der Waals surface area contributed by atoms with Gasteiger partial charge in [-0.15, -0.1) is 0 Å². The first-order valence-corrected chi connectivity index (χ1v) is 8.97. The molecule has 0 bridgehead atoms. The summed E-state index contributed by atoms with van der Waals surface area (Å²) in [5.41, 5.74) is 4.10. The molecule has 1 amide bonds. The number of anilines is 2. The quantitative estimate of drug-likeness (QED) is 0.754. The molecule has 0 unspecified atom stereocenters. The second-order valence-corrected chi connectivity index (χ2v) is 6.47. The second-order valence-electron chi connectivity index (χ2n) is 6.47. The van der Waals surface area contributed by atoms with Crippen LogP contribution < -0.4 is 15.0 Å². The van der Waals surface area contributed by atoms with Crippen molar-refractivity contribution in [2.45, 2.75) is 13.0 Å². The van der Waals surface area contributed by atoms with Gasteiger partial charge in [-0.1, -0.05) is 30.3 Å². The smallest absolute Gasteiger partial charge is 0.253 e. The van der Waals surface area contributed by atoms with E-state index in [9.17, 15) is 4.79 Å². The van der Waals surface area contributed by atoms with Crippen molar-refractivity contribution in [1.82, 2.24) is 10.3 Å². The first kappa shape index (κ1) is 17.1. The van der Waals surface area contributed by atoms with Crippen molar-refractivity contribution < 1.29 is 9.53 Å². The van der Waals surface area contributed by atoms with Crippen molar-refractivity contribution in [1.29, 1.82) is 0 Å². The van der Waals surface area contributed by atoms with Crippen molar-refractivity contribution in [3.63, 3.8) is 0 Å². The summed E-state index contributed by atoms with van der Waals surface area (Å²) in [6.45, 7) is 1.37. The van der Waals surface area contributed by atoms with Crippen LogP contribution in [0.2, 0.25) is 0 Å². The number of hydrogen-bond donors (Lipinski definition) is 1. The monoisotopic (exact) mass is 359 g/mol. The van der Waals surface area contributed by atoms with Crippen molar-refractivity contribution in [2.24, 2.45) is 0 Å². The van der Waals surface area contributed by atoms with Crippen LogP contribution in [0, 0.1) is 0 Å². The van der Waals surface area contributed by atoms with Crippen molar-refractivity contribution >= 4 is 17.4 Å². The van der Waals surface area contributed by atoms with Crippen LogP contribution in [0.3, 0.4) is 0 Å². The number of carbonyl (C=O) groups is 1. The Morgan fingerprint density at radius 2 is 1.93 bits per heavy atom. The third-order valence-electron chi connectivity index (χ3n) is 4.79. The molecule has 5 nitrogen and oxygen atoms in total. The molecule has 5 heteroatoms. The number of fused-ring (bicyclic) bond motifs is 1. The minimum absolute atomic E-state index is 0.133. The summed E-state index contributed by atoms with van der Waals surface area (Å²) in [6.07, 6.45) is 2.65. The van der Waals surface area contributed by atoms with E-state index in [-0.39, 0.29) is 5.91 Å². The van der Waals surface area contributed by atoms with Gasteiger partial charge in [0.1, 0.15) is 11.6 Å². The van der Waals surface area contributed by atoms with E-state index < -0.39 is 0 Å². The van der Waals surface area contributed by atoms with Crippen LogP contribution in [0.4, 0.5) is 11.5 Å². The lowest BCUT2D eigenvalue weighted by molar-refractivity contribution is 0.0950. The van der Waals surface area contributed by atoms with Crippen LogP contribution in [0.15, 0.2) is 66.9 Å². The Labute approximate surface area is 158 Å². The van der Waals surface area contributed by atoms with Gasteiger partial charge in [0.25, 0.3) is 5.91 Å².